The number of rotatable bonds is 2. The fourth-order valence-corrected chi connectivity index (χ4v) is 2.23. The van der Waals surface area contributed by atoms with Gasteiger partial charge in [-0.3, -0.25) is 10.1 Å². The second-order valence-corrected chi connectivity index (χ2v) is 6.30. The first-order valence-corrected chi connectivity index (χ1v) is 7.41. The van der Waals surface area contributed by atoms with Gasteiger partial charge in [0.25, 0.3) is 0 Å². The van der Waals surface area contributed by atoms with Crippen LogP contribution in [0.5, 0.6) is 0 Å². The van der Waals surface area contributed by atoms with Crippen molar-refractivity contribution in [3.8, 4) is 0 Å². The molecule has 0 aliphatic carbocycles. The van der Waals surface area contributed by atoms with Crippen LogP contribution in [0.2, 0.25) is 0 Å². The summed E-state index contributed by atoms with van der Waals surface area (Å²) in [6.07, 6.45) is 4.05. The first-order valence-electron chi connectivity index (χ1n) is 7.41. The molecule has 22 heavy (non-hydrogen) atoms. The van der Waals surface area contributed by atoms with Gasteiger partial charge in [-0.05, 0) is 39.7 Å². The molecule has 1 aliphatic heterocycles. The third-order valence-corrected chi connectivity index (χ3v) is 3.32. The summed E-state index contributed by atoms with van der Waals surface area (Å²) < 4.78 is 5.33. The highest BCUT2D eigenvalue weighted by Gasteiger charge is 2.30. The van der Waals surface area contributed by atoms with Crippen LogP contribution in [0.1, 0.15) is 33.6 Å². The van der Waals surface area contributed by atoms with Crippen molar-refractivity contribution < 1.29 is 14.3 Å². The molecule has 1 aromatic heterocycles. The molecule has 120 valence electrons. The lowest BCUT2D eigenvalue weighted by Crippen LogP contribution is -2.43. The summed E-state index contributed by atoms with van der Waals surface area (Å²) in [6.45, 7) is 6.55. The Morgan fingerprint density at radius 2 is 1.82 bits per heavy atom. The van der Waals surface area contributed by atoms with Crippen molar-refractivity contribution in [3.63, 3.8) is 0 Å². The average molecular weight is 306 g/mol. The summed E-state index contributed by atoms with van der Waals surface area (Å²) in [5.74, 6) is 0.0691. The highest BCUT2D eigenvalue weighted by molar-refractivity contribution is 5.91. The number of hydrogen-bond acceptors (Lipinski definition) is 5. The van der Waals surface area contributed by atoms with Gasteiger partial charge in [-0.2, -0.15) is 0 Å². The molecule has 1 aliphatic rings. The molecule has 0 bridgehead atoms. The standard InChI is InChI=1S/C15H22N4O3/c1-15(2,3)22-14(21)19-9-5-11(6-10-19)12(20)18-13-16-7-4-8-17-13/h4,7-8,11H,5-6,9-10H2,1-3H3,(H,16,17,18,20). The largest absolute Gasteiger partial charge is 0.444 e. The molecule has 0 aromatic carbocycles. The SMILES string of the molecule is CC(C)(C)OC(=O)N1CCC(C(=O)Nc2ncccn2)CC1. The fourth-order valence-electron chi connectivity index (χ4n) is 2.23. The second kappa shape index (κ2) is 6.72. The lowest BCUT2D eigenvalue weighted by Gasteiger charge is -2.32. The van der Waals surface area contributed by atoms with Crippen molar-refractivity contribution in [2.24, 2.45) is 5.92 Å². The number of carbonyl (C=O) groups is 2. The minimum atomic E-state index is -0.504. The number of likely N-dealkylation sites (tertiary alicyclic amines) is 1. The van der Waals surface area contributed by atoms with Gasteiger partial charge in [-0.15, -0.1) is 0 Å². The third kappa shape index (κ3) is 4.68. The van der Waals surface area contributed by atoms with Gasteiger partial charge in [0.05, 0.1) is 0 Å². The van der Waals surface area contributed by atoms with Crippen LogP contribution in [0.15, 0.2) is 18.5 Å². The van der Waals surface area contributed by atoms with Crippen LogP contribution in [0.4, 0.5) is 10.7 Å². The van der Waals surface area contributed by atoms with Crippen molar-refractivity contribution in [1.82, 2.24) is 14.9 Å². The van der Waals surface area contributed by atoms with Crippen molar-refractivity contribution in [1.29, 1.82) is 0 Å². The van der Waals surface area contributed by atoms with Gasteiger partial charge in [-0.25, -0.2) is 14.8 Å². The Balaban J connectivity index is 1.82. The van der Waals surface area contributed by atoms with Crippen molar-refractivity contribution in [2.45, 2.75) is 39.2 Å². The number of hydrogen-bond donors (Lipinski definition) is 1. The van der Waals surface area contributed by atoms with Crippen LogP contribution in [0.3, 0.4) is 0 Å². The molecule has 1 aromatic rings. The second-order valence-electron chi connectivity index (χ2n) is 6.30. The Labute approximate surface area is 130 Å². The molecule has 2 heterocycles. The Kier molecular flexibility index (Phi) is 4.95. The minimum Gasteiger partial charge on any atom is -0.444 e. The first kappa shape index (κ1) is 16.2. The number of nitrogens with zero attached hydrogens (tertiary/aromatic N) is 3. The molecule has 1 N–H and O–H groups in total. The maximum atomic E-state index is 12.1. The lowest BCUT2D eigenvalue weighted by atomic mass is 9.96. The summed E-state index contributed by atoms with van der Waals surface area (Å²) in [4.78, 5) is 33.7. The molecular weight excluding hydrogens is 284 g/mol. The molecule has 0 unspecified atom stereocenters. The van der Waals surface area contributed by atoms with Crippen LogP contribution in [0, 0.1) is 5.92 Å². The van der Waals surface area contributed by atoms with Crippen LogP contribution in [0.25, 0.3) is 0 Å². The number of aromatic nitrogens is 2. The zero-order valence-electron chi connectivity index (χ0n) is 13.2. The predicted molar refractivity (Wildman–Crippen MR) is 81.2 cm³/mol. The zero-order chi connectivity index (χ0) is 16.2. The summed E-state index contributed by atoms with van der Waals surface area (Å²) >= 11 is 0. The van der Waals surface area contributed by atoms with Crippen LogP contribution in [-0.4, -0.2) is 45.6 Å². The zero-order valence-corrected chi connectivity index (χ0v) is 13.2. The van der Waals surface area contributed by atoms with Gasteiger partial charge in [0, 0.05) is 31.4 Å². The molecule has 2 amide bonds. The maximum Gasteiger partial charge on any atom is 0.410 e. The molecule has 2 rings (SSSR count). The van der Waals surface area contributed by atoms with Gasteiger partial charge in [0.2, 0.25) is 11.9 Å². The van der Waals surface area contributed by atoms with Gasteiger partial charge < -0.3 is 9.64 Å². The topological polar surface area (TPSA) is 84.4 Å². The summed E-state index contributed by atoms with van der Waals surface area (Å²) in [5.41, 5.74) is -0.504. The predicted octanol–water partition coefficient (Wildman–Crippen LogP) is 2.06. The normalized spacial score (nSPS) is 16.2. The van der Waals surface area contributed by atoms with Crippen molar-refractivity contribution in [2.75, 3.05) is 18.4 Å². The number of anilines is 1. The molecule has 1 saturated heterocycles. The number of amides is 2. The molecular formula is C15H22N4O3. The lowest BCUT2D eigenvalue weighted by molar-refractivity contribution is -0.121. The molecule has 1 fully saturated rings. The first-order chi connectivity index (χ1) is 10.3. The molecule has 0 radical (unpaired) electrons. The van der Waals surface area contributed by atoms with E-state index in [2.05, 4.69) is 15.3 Å². The van der Waals surface area contributed by atoms with Gasteiger partial charge in [0.15, 0.2) is 0 Å². The van der Waals surface area contributed by atoms with Gasteiger partial charge in [-0.1, -0.05) is 0 Å². The van der Waals surface area contributed by atoms with E-state index in [0.29, 0.717) is 31.9 Å². The number of nitrogens with one attached hydrogen (secondary N) is 1. The van der Waals surface area contributed by atoms with E-state index in [4.69, 9.17) is 4.74 Å². The number of ether oxygens (including phenoxy) is 1. The Morgan fingerprint density at radius 1 is 1.23 bits per heavy atom. The van der Waals surface area contributed by atoms with Gasteiger partial charge >= 0.3 is 6.09 Å². The fraction of sp³-hybridized carbons (Fsp3) is 0.600. The maximum absolute atomic E-state index is 12.1. The van der Waals surface area contributed by atoms with E-state index in [-0.39, 0.29) is 17.9 Å². The van der Waals surface area contributed by atoms with E-state index in [9.17, 15) is 9.59 Å². The van der Waals surface area contributed by atoms with Crippen molar-refractivity contribution >= 4 is 17.9 Å². The summed E-state index contributed by atoms with van der Waals surface area (Å²) in [7, 11) is 0. The molecule has 0 saturated carbocycles. The van der Waals surface area contributed by atoms with E-state index >= 15 is 0 Å². The molecule has 0 atom stereocenters. The Morgan fingerprint density at radius 3 is 2.36 bits per heavy atom. The Bertz CT molecular complexity index is 519. The van der Waals surface area contributed by atoms with Crippen LogP contribution in [-0.2, 0) is 9.53 Å². The van der Waals surface area contributed by atoms with Crippen molar-refractivity contribution in [3.05, 3.63) is 18.5 Å². The smallest absolute Gasteiger partial charge is 0.410 e. The Hall–Kier alpha value is -2.18. The third-order valence-electron chi connectivity index (χ3n) is 3.32. The van der Waals surface area contributed by atoms with E-state index in [1.807, 2.05) is 20.8 Å². The number of carbonyl (C=O) groups excluding carboxylic acids is 2. The molecule has 0 spiro atoms. The van der Waals surface area contributed by atoms with Crippen LogP contribution < -0.4 is 5.32 Å². The monoisotopic (exact) mass is 306 g/mol. The highest BCUT2D eigenvalue weighted by atomic mass is 16.6. The van der Waals surface area contributed by atoms with E-state index in [0.717, 1.165) is 0 Å². The van der Waals surface area contributed by atoms with E-state index < -0.39 is 5.60 Å². The average Bonchev–Trinajstić information content (AvgIpc) is 2.46. The summed E-state index contributed by atoms with van der Waals surface area (Å²) in [6, 6.07) is 1.69. The van der Waals surface area contributed by atoms with Crippen LogP contribution >= 0.6 is 0 Å². The number of piperidine rings is 1. The quantitative estimate of drug-likeness (QED) is 0.904. The van der Waals surface area contributed by atoms with E-state index in [1.165, 1.54) is 0 Å². The highest BCUT2D eigenvalue weighted by Crippen LogP contribution is 2.20. The van der Waals surface area contributed by atoms with E-state index in [1.54, 1.807) is 23.4 Å². The summed E-state index contributed by atoms with van der Waals surface area (Å²) in [5, 5.41) is 2.70. The van der Waals surface area contributed by atoms with Gasteiger partial charge in [0.1, 0.15) is 5.60 Å². The molecule has 7 nitrogen and oxygen atoms in total. The minimum absolute atomic E-state index is 0.102. The molecule has 7 heteroatoms.